The first-order valence-corrected chi connectivity index (χ1v) is 7.77. The minimum atomic E-state index is 0.346. The number of nitrogens with one attached hydrogen (secondary N) is 1. The van der Waals surface area contributed by atoms with E-state index < -0.39 is 0 Å². The molecule has 0 aromatic heterocycles. The molecule has 1 saturated carbocycles. The molecule has 20 heavy (non-hydrogen) atoms. The fourth-order valence-corrected chi connectivity index (χ4v) is 3.03. The molecule has 0 aromatic carbocycles. The van der Waals surface area contributed by atoms with Gasteiger partial charge in [0, 0.05) is 24.4 Å². The van der Waals surface area contributed by atoms with Gasteiger partial charge in [-0.25, -0.2) is 0 Å². The van der Waals surface area contributed by atoms with Gasteiger partial charge < -0.3 is 11.1 Å². The molecule has 3 heteroatoms. The summed E-state index contributed by atoms with van der Waals surface area (Å²) < 4.78 is 0. The smallest absolute Gasteiger partial charge is 0.125 e. The minimum absolute atomic E-state index is 0.346. The summed E-state index contributed by atoms with van der Waals surface area (Å²) in [7, 11) is 1.72. The van der Waals surface area contributed by atoms with Crippen molar-refractivity contribution in [2.24, 2.45) is 16.6 Å². The highest BCUT2D eigenvalue weighted by molar-refractivity contribution is 5.99. The number of allylic oxidation sites excluding steroid dienone is 1. The summed E-state index contributed by atoms with van der Waals surface area (Å²) in [5.74, 6) is 1.26. The average Bonchev–Trinajstić information content (AvgIpc) is 2.76. The third kappa shape index (κ3) is 3.99. The number of aliphatic imine (C=N–C) groups is 1. The molecular formula is C17H27N3. The summed E-state index contributed by atoms with van der Waals surface area (Å²) in [5.41, 5.74) is 8.07. The van der Waals surface area contributed by atoms with E-state index in [0.29, 0.717) is 17.8 Å². The second-order valence-corrected chi connectivity index (χ2v) is 5.83. The van der Waals surface area contributed by atoms with Crippen LogP contribution in [-0.2, 0) is 0 Å². The van der Waals surface area contributed by atoms with Gasteiger partial charge in [0.1, 0.15) is 5.84 Å². The van der Waals surface area contributed by atoms with Crippen molar-refractivity contribution in [2.45, 2.75) is 51.0 Å². The molecule has 3 N–H and O–H groups in total. The van der Waals surface area contributed by atoms with E-state index in [1.807, 2.05) is 0 Å². The highest BCUT2D eigenvalue weighted by Gasteiger charge is 2.18. The van der Waals surface area contributed by atoms with Crippen molar-refractivity contribution >= 4 is 5.84 Å². The van der Waals surface area contributed by atoms with Crippen LogP contribution in [0, 0.1) is 5.92 Å². The Kier molecular flexibility index (Phi) is 5.45. The summed E-state index contributed by atoms with van der Waals surface area (Å²) in [6.07, 6.45) is 15.4. The van der Waals surface area contributed by atoms with Gasteiger partial charge in [-0.05, 0) is 25.2 Å². The van der Waals surface area contributed by atoms with Crippen LogP contribution in [0.15, 0.2) is 41.1 Å². The standard InChI is InChI=1S/C17H27N3/c1-13(14-7-5-3-4-6-8-14)20-16-11-9-15(10-12-16)17(18)19-2/h9-11,14,16,20H,1,3-8,12H2,2H3,(H2,18,19). The van der Waals surface area contributed by atoms with Gasteiger partial charge in [0.2, 0.25) is 0 Å². The van der Waals surface area contributed by atoms with Crippen LogP contribution in [0.25, 0.3) is 0 Å². The molecule has 0 aromatic rings. The molecular weight excluding hydrogens is 246 g/mol. The van der Waals surface area contributed by atoms with Crippen LogP contribution in [-0.4, -0.2) is 18.9 Å². The maximum Gasteiger partial charge on any atom is 0.125 e. The summed E-state index contributed by atoms with van der Waals surface area (Å²) in [6, 6.07) is 0.346. The monoisotopic (exact) mass is 273 g/mol. The zero-order valence-electron chi connectivity index (χ0n) is 12.6. The topological polar surface area (TPSA) is 50.4 Å². The van der Waals surface area contributed by atoms with Crippen molar-refractivity contribution in [1.82, 2.24) is 5.32 Å². The molecule has 1 atom stereocenters. The molecule has 0 bridgehead atoms. The summed E-state index contributed by atoms with van der Waals surface area (Å²) in [4.78, 5) is 4.02. The van der Waals surface area contributed by atoms with Gasteiger partial charge in [-0.3, -0.25) is 4.99 Å². The highest BCUT2D eigenvalue weighted by Crippen LogP contribution is 2.27. The lowest BCUT2D eigenvalue weighted by Gasteiger charge is -2.25. The molecule has 0 amide bonds. The van der Waals surface area contributed by atoms with Crippen molar-refractivity contribution < 1.29 is 0 Å². The van der Waals surface area contributed by atoms with E-state index in [4.69, 9.17) is 5.73 Å². The normalized spacial score (nSPS) is 24.9. The van der Waals surface area contributed by atoms with Crippen LogP contribution in [0.3, 0.4) is 0 Å². The van der Waals surface area contributed by atoms with Crippen molar-refractivity contribution in [1.29, 1.82) is 0 Å². The Morgan fingerprint density at radius 2 is 2.00 bits per heavy atom. The summed E-state index contributed by atoms with van der Waals surface area (Å²) in [6.45, 7) is 4.27. The number of hydrogen-bond donors (Lipinski definition) is 2. The molecule has 1 unspecified atom stereocenters. The molecule has 1 fully saturated rings. The lowest BCUT2D eigenvalue weighted by molar-refractivity contribution is 0.479. The second-order valence-electron chi connectivity index (χ2n) is 5.83. The predicted molar refractivity (Wildman–Crippen MR) is 86.6 cm³/mol. The number of rotatable bonds is 4. The molecule has 0 heterocycles. The molecule has 2 aliphatic rings. The Balaban J connectivity index is 1.85. The summed E-state index contributed by atoms with van der Waals surface area (Å²) in [5, 5.41) is 3.59. The van der Waals surface area contributed by atoms with Crippen LogP contribution in [0.1, 0.15) is 44.9 Å². The molecule has 2 aliphatic carbocycles. The van der Waals surface area contributed by atoms with Gasteiger partial charge in [-0.2, -0.15) is 0 Å². The van der Waals surface area contributed by atoms with E-state index in [1.54, 1.807) is 7.05 Å². The Hall–Kier alpha value is -1.51. The Morgan fingerprint density at radius 1 is 1.30 bits per heavy atom. The van der Waals surface area contributed by atoms with Gasteiger partial charge in [0.25, 0.3) is 0 Å². The number of amidine groups is 1. The molecule has 3 nitrogen and oxygen atoms in total. The molecule has 0 radical (unpaired) electrons. The Bertz CT molecular complexity index is 424. The van der Waals surface area contributed by atoms with Crippen LogP contribution in [0.2, 0.25) is 0 Å². The number of nitrogens with zero attached hydrogens (tertiary/aromatic N) is 1. The molecule has 2 rings (SSSR count). The van der Waals surface area contributed by atoms with Crippen LogP contribution >= 0.6 is 0 Å². The van der Waals surface area contributed by atoms with Crippen molar-refractivity contribution in [2.75, 3.05) is 7.05 Å². The van der Waals surface area contributed by atoms with Crippen molar-refractivity contribution in [3.63, 3.8) is 0 Å². The minimum Gasteiger partial charge on any atom is -0.384 e. The van der Waals surface area contributed by atoms with Crippen molar-refractivity contribution in [3.05, 3.63) is 36.1 Å². The maximum atomic E-state index is 5.82. The van der Waals surface area contributed by atoms with Gasteiger partial charge in [0.05, 0.1) is 0 Å². The van der Waals surface area contributed by atoms with E-state index in [2.05, 4.69) is 35.1 Å². The quantitative estimate of drug-likeness (QED) is 0.469. The SMILES string of the molecule is C=C(NC1C=CC(C(N)=NC)=CC1)C1CCCCCC1. The molecule has 0 spiro atoms. The maximum absolute atomic E-state index is 5.82. The van der Waals surface area contributed by atoms with E-state index in [9.17, 15) is 0 Å². The van der Waals surface area contributed by atoms with E-state index in [-0.39, 0.29) is 0 Å². The third-order valence-electron chi connectivity index (χ3n) is 4.36. The van der Waals surface area contributed by atoms with Gasteiger partial charge in [0.15, 0.2) is 0 Å². The van der Waals surface area contributed by atoms with Gasteiger partial charge >= 0.3 is 0 Å². The zero-order valence-corrected chi connectivity index (χ0v) is 12.6. The first-order chi connectivity index (χ1) is 9.70. The van der Waals surface area contributed by atoms with Crippen LogP contribution in [0.5, 0.6) is 0 Å². The van der Waals surface area contributed by atoms with Gasteiger partial charge in [-0.1, -0.05) is 50.5 Å². The molecule has 0 saturated heterocycles. The third-order valence-corrected chi connectivity index (χ3v) is 4.36. The van der Waals surface area contributed by atoms with E-state index in [1.165, 1.54) is 44.2 Å². The van der Waals surface area contributed by atoms with Gasteiger partial charge in [-0.15, -0.1) is 0 Å². The predicted octanol–water partition coefficient (Wildman–Crippen LogP) is 3.30. The van der Waals surface area contributed by atoms with Crippen LogP contribution in [0.4, 0.5) is 0 Å². The number of nitrogens with two attached hydrogens (primary N) is 1. The highest BCUT2D eigenvalue weighted by atomic mass is 14.9. The summed E-state index contributed by atoms with van der Waals surface area (Å²) >= 11 is 0. The lowest BCUT2D eigenvalue weighted by atomic mass is 9.95. The van der Waals surface area contributed by atoms with E-state index in [0.717, 1.165) is 12.0 Å². The first kappa shape index (κ1) is 14.9. The second kappa shape index (κ2) is 7.32. The largest absolute Gasteiger partial charge is 0.384 e. The fourth-order valence-electron chi connectivity index (χ4n) is 3.03. The average molecular weight is 273 g/mol. The first-order valence-electron chi connectivity index (χ1n) is 7.77. The Labute approximate surface area is 122 Å². The fraction of sp³-hybridized carbons (Fsp3) is 0.588. The lowest BCUT2D eigenvalue weighted by Crippen LogP contribution is -2.31. The Morgan fingerprint density at radius 3 is 2.55 bits per heavy atom. The molecule has 0 aliphatic heterocycles. The van der Waals surface area contributed by atoms with Crippen LogP contribution < -0.4 is 11.1 Å². The zero-order chi connectivity index (χ0) is 14.4. The van der Waals surface area contributed by atoms with E-state index >= 15 is 0 Å². The number of hydrogen-bond acceptors (Lipinski definition) is 2. The van der Waals surface area contributed by atoms with Crippen molar-refractivity contribution in [3.8, 4) is 0 Å². The molecule has 110 valence electrons.